The van der Waals surface area contributed by atoms with Gasteiger partial charge in [-0.2, -0.15) is 0 Å². The lowest BCUT2D eigenvalue weighted by atomic mass is 10.2. The Bertz CT molecular complexity index is 680. The molecule has 1 aromatic heterocycles. The Labute approximate surface area is 123 Å². The minimum atomic E-state index is -3.53. The standard InChI is InChI=1S/C13H17N3O2S2/c1-10-16-12(9-19-10)8-15-20(17,18)13-6-4-3-5-11(13)7-14-2/h3-6,9,14-15H,7-8H2,1-2H3. The van der Waals surface area contributed by atoms with Crippen LogP contribution in [0.5, 0.6) is 0 Å². The number of sulfonamides is 1. The Morgan fingerprint density at radius 1 is 1.25 bits per heavy atom. The van der Waals surface area contributed by atoms with Crippen molar-refractivity contribution in [1.82, 2.24) is 15.0 Å². The highest BCUT2D eigenvalue weighted by molar-refractivity contribution is 7.89. The molecule has 1 heterocycles. The summed E-state index contributed by atoms with van der Waals surface area (Å²) in [4.78, 5) is 4.55. The van der Waals surface area contributed by atoms with E-state index < -0.39 is 10.0 Å². The fourth-order valence-electron chi connectivity index (χ4n) is 1.84. The molecule has 0 aliphatic carbocycles. The summed E-state index contributed by atoms with van der Waals surface area (Å²) >= 11 is 1.51. The molecule has 0 spiro atoms. The van der Waals surface area contributed by atoms with Crippen molar-refractivity contribution in [2.45, 2.75) is 24.9 Å². The van der Waals surface area contributed by atoms with Crippen LogP contribution in [0.4, 0.5) is 0 Å². The average molecular weight is 311 g/mol. The van der Waals surface area contributed by atoms with Gasteiger partial charge in [-0.25, -0.2) is 18.1 Å². The molecule has 2 aromatic rings. The van der Waals surface area contributed by atoms with Crippen molar-refractivity contribution in [1.29, 1.82) is 0 Å². The fourth-order valence-corrected chi connectivity index (χ4v) is 3.69. The largest absolute Gasteiger partial charge is 0.316 e. The van der Waals surface area contributed by atoms with Crippen LogP contribution in [0.1, 0.15) is 16.3 Å². The zero-order valence-corrected chi connectivity index (χ0v) is 13.0. The number of hydrogen-bond acceptors (Lipinski definition) is 5. The van der Waals surface area contributed by atoms with Crippen LogP contribution >= 0.6 is 11.3 Å². The second kappa shape index (κ2) is 6.45. The molecule has 1 aromatic carbocycles. The summed E-state index contributed by atoms with van der Waals surface area (Å²) in [6.07, 6.45) is 0. The van der Waals surface area contributed by atoms with Crippen molar-refractivity contribution in [2.75, 3.05) is 7.05 Å². The van der Waals surface area contributed by atoms with E-state index in [1.807, 2.05) is 18.4 Å². The topological polar surface area (TPSA) is 71.1 Å². The van der Waals surface area contributed by atoms with Crippen molar-refractivity contribution in [3.05, 3.63) is 45.9 Å². The number of aryl methyl sites for hydroxylation is 1. The maximum absolute atomic E-state index is 12.3. The van der Waals surface area contributed by atoms with Gasteiger partial charge in [0.25, 0.3) is 0 Å². The van der Waals surface area contributed by atoms with Crippen LogP contribution in [0.25, 0.3) is 0 Å². The number of hydrogen-bond donors (Lipinski definition) is 2. The molecule has 0 aliphatic rings. The zero-order valence-electron chi connectivity index (χ0n) is 11.4. The maximum atomic E-state index is 12.3. The number of nitrogens with one attached hydrogen (secondary N) is 2. The summed E-state index contributed by atoms with van der Waals surface area (Å²) < 4.78 is 27.3. The third-order valence-corrected chi connectivity index (χ3v) is 5.06. The predicted molar refractivity (Wildman–Crippen MR) is 80.1 cm³/mol. The summed E-state index contributed by atoms with van der Waals surface area (Å²) in [5.74, 6) is 0. The summed E-state index contributed by atoms with van der Waals surface area (Å²) in [7, 11) is -1.74. The molecule has 0 saturated carbocycles. The van der Waals surface area contributed by atoms with Crippen LogP contribution in [-0.4, -0.2) is 20.4 Å². The Kier molecular flexibility index (Phi) is 4.87. The Balaban J connectivity index is 2.18. The average Bonchev–Trinajstić information content (AvgIpc) is 2.83. The van der Waals surface area contributed by atoms with Gasteiger partial charge in [0.1, 0.15) is 0 Å². The fraction of sp³-hybridized carbons (Fsp3) is 0.308. The van der Waals surface area contributed by atoms with Gasteiger partial charge in [-0.15, -0.1) is 11.3 Å². The van der Waals surface area contributed by atoms with Gasteiger partial charge in [0.05, 0.1) is 22.1 Å². The highest BCUT2D eigenvalue weighted by Gasteiger charge is 2.17. The molecule has 0 amide bonds. The van der Waals surface area contributed by atoms with E-state index in [-0.39, 0.29) is 6.54 Å². The highest BCUT2D eigenvalue weighted by atomic mass is 32.2. The van der Waals surface area contributed by atoms with Gasteiger partial charge in [0.15, 0.2) is 0 Å². The van der Waals surface area contributed by atoms with E-state index in [1.165, 1.54) is 11.3 Å². The molecule has 2 N–H and O–H groups in total. The van der Waals surface area contributed by atoms with Gasteiger partial charge in [-0.3, -0.25) is 0 Å². The Hall–Kier alpha value is -1.28. The molecule has 20 heavy (non-hydrogen) atoms. The number of thiazole rings is 1. The van der Waals surface area contributed by atoms with Crippen molar-refractivity contribution < 1.29 is 8.42 Å². The van der Waals surface area contributed by atoms with E-state index in [1.54, 1.807) is 25.2 Å². The number of nitrogens with zero attached hydrogens (tertiary/aromatic N) is 1. The van der Waals surface area contributed by atoms with Crippen molar-refractivity contribution in [3.8, 4) is 0 Å². The monoisotopic (exact) mass is 311 g/mol. The van der Waals surface area contributed by atoms with E-state index in [0.29, 0.717) is 11.4 Å². The third kappa shape index (κ3) is 3.63. The third-order valence-electron chi connectivity index (χ3n) is 2.74. The number of aromatic nitrogens is 1. The molecule has 0 atom stereocenters. The number of benzene rings is 1. The minimum Gasteiger partial charge on any atom is -0.316 e. The van der Waals surface area contributed by atoms with Gasteiger partial charge < -0.3 is 5.32 Å². The molecule has 0 radical (unpaired) electrons. The van der Waals surface area contributed by atoms with Gasteiger partial charge >= 0.3 is 0 Å². The first kappa shape index (κ1) is 15.1. The lowest BCUT2D eigenvalue weighted by Crippen LogP contribution is -2.25. The van der Waals surface area contributed by atoms with Crippen LogP contribution in [0.15, 0.2) is 34.5 Å². The lowest BCUT2D eigenvalue weighted by molar-refractivity contribution is 0.578. The first-order chi connectivity index (χ1) is 9.53. The second-order valence-corrected chi connectivity index (χ2v) is 7.12. The highest BCUT2D eigenvalue weighted by Crippen LogP contribution is 2.16. The van der Waals surface area contributed by atoms with Crippen LogP contribution in [0.2, 0.25) is 0 Å². The molecule has 108 valence electrons. The van der Waals surface area contributed by atoms with Crippen molar-refractivity contribution in [2.24, 2.45) is 0 Å². The van der Waals surface area contributed by atoms with Gasteiger partial charge in [-0.1, -0.05) is 18.2 Å². The molecule has 0 unspecified atom stereocenters. The quantitative estimate of drug-likeness (QED) is 0.851. The molecule has 2 rings (SSSR count). The SMILES string of the molecule is CNCc1ccccc1S(=O)(=O)NCc1csc(C)n1. The van der Waals surface area contributed by atoms with Crippen LogP contribution in [0, 0.1) is 6.92 Å². The normalized spacial score (nSPS) is 11.7. The van der Waals surface area contributed by atoms with E-state index in [0.717, 1.165) is 16.3 Å². The summed E-state index contributed by atoms with van der Waals surface area (Å²) in [5.41, 5.74) is 1.49. The van der Waals surface area contributed by atoms with E-state index in [2.05, 4.69) is 15.0 Å². The maximum Gasteiger partial charge on any atom is 0.241 e. The molecule has 0 bridgehead atoms. The first-order valence-corrected chi connectivity index (χ1v) is 8.52. The number of rotatable bonds is 6. The Morgan fingerprint density at radius 2 is 2.00 bits per heavy atom. The molecular weight excluding hydrogens is 294 g/mol. The molecule has 0 saturated heterocycles. The predicted octanol–water partition coefficient (Wildman–Crippen LogP) is 1.65. The van der Waals surface area contributed by atoms with Gasteiger partial charge in [-0.05, 0) is 25.6 Å². The molecule has 0 fully saturated rings. The molecule has 7 heteroatoms. The molecular formula is C13H17N3O2S2. The first-order valence-electron chi connectivity index (χ1n) is 6.16. The molecule has 0 aliphatic heterocycles. The van der Waals surface area contributed by atoms with Crippen LogP contribution < -0.4 is 10.0 Å². The van der Waals surface area contributed by atoms with E-state index in [4.69, 9.17) is 0 Å². The van der Waals surface area contributed by atoms with Crippen molar-refractivity contribution >= 4 is 21.4 Å². The summed E-state index contributed by atoms with van der Waals surface area (Å²) in [5, 5.41) is 5.75. The summed E-state index contributed by atoms with van der Waals surface area (Å²) in [6.45, 7) is 2.61. The molecule has 5 nitrogen and oxygen atoms in total. The smallest absolute Gasteiger partial charge is 0.241 e. The van der Waals surface area contributed by atoms with E-state index >= 15 is 0 Å². The van der Waals surface area contributed by atoms with Gasteiger partial charge in [0.2, 0.25) is 10.0 Å². The minimum absolute atomic E-state index is 0.209. The summed E-state index contributed by atoms with van der Waals surface area (Å²) in [6, 6.07) is 6.97. The Morgan fingerprint density at radius 3 is 2.65 bits per heavy atom. The van der Waals surface area contributed by atoms with Gasteiger partial charge in [0, 0.05) is 11.9 Å². The zero-order chi connectivity index (χ0) is 14.6. The van der Waals surface area contributed by atoms with E-state index in [9.17, 15) is 8.42 Å². The lowest BCUT2D eigenvalue weighted by Gasteiger charge is -2.10. The van der Waals surface area contributed by atoms with Crippen molar-refractivity contribution in [3.63, 3.8) is 0 Å². The van der Waals surface area contributed by atoms with Crippen LogP contribution in [0.3, 0.4) is 0 Å². The second-order valence-electron chi connectivity index (χ2n) is 4.32. The van der Waals surface area contributed by atoms with Crippen LogP contribution in [-0.2, 0) is 23.1 Å².